The number of rotatable bonds is 0. The van der Waals surface area contributed by atoms with Gasteiger partial charge < -0.3 is 9.80 Å². The Morgan fingerprint density at radius 2 is 0.750 bits per heavy atom. The van der Waals surface area contributed by atoms with E-state index in [1.165, 1.54) is 90.4 Å². The van der Waals surface area contributed by atoms with Crippen LogP contribution in [0.4, 0.5) is 0 Å². The predicted molar refractivity (Wildman–Crippen MR) is 81.3 cm³/mol. The van der Waals surface area contributed by atoms with Crippen LogP contribution in [-0.2, 0) is 0 Å². The quantitative estimate of drug-likeness (QED) is 0.361. The van der Waals surface area contributed by atoms with E-state index in [2.05, 4.69) is 9.80 Å². The number of fused-ring (bicyclic) bond motifs is 2. The van der Waals surface area contributed by atoms with Gasteiger partial charge in [-0.3, -0.25) is 0 Å². The number of hydrogen-bond donors (Lipinski definition) is 2. The second-order valence-corrected chi connectivity index (χ2v) is 9.03. The first kappa shape index (κ1) is 26.2. The molecule has 28 heavy (non-hydrogen) atoms. The van der Waals surface area contributed by atoms with Gasteiger partial charge in [0, 0.05) is 12.1 Å². The molecule has 4 heterocycles. The Kier molecular flexibility index (Phi) is 12.0. The van der Waals surface area contributed by atoms with E-state index in [1.807, 2.05) is 0 Å². The molecule has 4 saturated heterocycles. The van der Waals surface area contributed by atoms with E-state index in [1.54, 1.807) is 0 Å². The van der Waals surface area contributed by atoms with E-state index in [0.29, 0.717) is 0 Å². The lowest BCUT2D eigenvalue weighted by molar-refractivity contribution is -1.92. The highest BCUT2D eigenvalue weighted by atomic mass is 35.7. The fraction of sp³-hybridized carbons (Fsp3) is 1.00. The van der Waals surface area contributed by atoms with E-state index in [-0.39, 0.29) is 0 Å². The third-order valence-corrected chi connectivity index (χ3v) is 5.46. The smallest absolute Gasteiger partial charge is 0.0777 e. The van der Waals surface area contributed by atoms with Crippen LogP contribution in [0.5, 0.6) is 0 Å². The largest absolute Gasteiger partial charge is 0.300 e. The molecule has 168 valence electrons. The summed E-state index contributed by atoms with van der Waals surface area (Å²) in [6, 6.07) is 2.00. The third-order valence-electron chi connectivity index (χ3n) is 5.46. The molecule has 12 heteroatoms. The van der Waals surface area contributed by atoms with Crippen molar-refractivity contribution in [3.63, 3.8) is 0 Å². The Hall–Kier alpha value is 0.180. The summed E-state index contributed by atoms with van der Waals surface area (Å²) >= 11 is 0. The monoisotopic (exact) mass is 450 g/mol. The molecule has 4 rings (SSSR count). The minimum absolute atomic E-state index is 0.999. The first-order valence-corrected chi connectivity index (χ1v) is 12.2. The Bertz CT molecular complexity index is 348. The standard InChI is InChI=1S/2C8H15N.2ClHO4/c2*1-2-6-9-7-3-5-8(9)4-1;2*2-1(3,4)5/h2*8H,1-7H2;2*(H,2,3,4,5). The number of halogens is 2. The Morgan fingerprint density at radius 3 is 1.04 bits per heavy atom. The van der Waals surface area contributed by atoms with Gasteiger partial charge in [-0.1, -0.05) is 12.8 Å². The zero-order valence-electron chi connectivity index (χ0n) is 16.0. The molecule has 0 aromatic rings. The van der Waals surface area contributed by atoms with Crippen LogP contribution in [0.3, 0.4) is 0 Å². The molecule has 2 atom stereocenters. The van der Waals surface area contributed by atoms with Gasteiger partial charge in [0.2, 0.25) is 0 Å². The lowest BCUT2D eigenvalue weighted by atomic mass is 10.0. The molecule has 4 aliphatic rings. The van der Waals surface area contributed by atoms with E-state index >= 15 is 0 Å². The zero-order chi connectivity index (χ0) is 21.2. The molecule has 0 aromatic heterocycles. The minimum atomic E-state index is -4.69. The van der Waals surface area contributed by atoms with Crippen molar-refractivity contribution in [1.29, 1.82) is 0 Å². The predicted octanol–water partition coefficient (Wildman–Crippen LogP) is -4.98. The fourth-order valence-corrected chi connectivity index (χ4v) is 4.42. The van der Waals surface area contributed by atoms with E-state index in [0.717, 1.165) is 12.1 Å². The molecular weight excluding hydrogens is 419 g/mol. The Balaban J connectivity index is 0.000000196. The molecule has 10 nitrogen and oxygen atoms in total. The minimum Gasteiger partial charge on any atom is -0.300 e. The summed E-state index contributed by atoms with van der Waals surface area (Å²) in [4.78, 5) is 5.34. The maximum Gasteiger partial charge on any atom is 0.0777 e. The molecule has 0 amide bonds. The molecule has 2 unspecified atom stereocenters. The van der Waals surface area contributed by atoms with Gasteiger partial charge in [0.25, 0.3) is 0 Å². The van der Waals surface area contributed by atoms with Gasteiger partial charge in [-0.05, 0) is 77.5 Å². The average Bonchev–Trinajstić information content (AvgIpc) is 3.21. The molecule has 0 radical (unpaired) electrons. The van der Waals surface area contributed by atoms with Gasteiger partial charge in [-0.15, -0.1) is 0 Å². The van der Waals surface area contributed by atoms with Crippen molar-refractivity contribution >= 4 is 0 Å². The molecule has 0 aliphatic carbocycles. The van der Waals surface area contributed by atoms with E-state index in [9.17, 15) is 0 Å². The van der Waals surface area contributed by atoms with Crippen molar-refractivity contribution in [2.45, 2.75) is 76.3 Å². The first-order chi connectivity index (χ1) is 12.9. The van der Waals surface area contributed by atoms with Crippen molar-refractivity contribution in [2.24, 2.45) is 0 Å². The summed E-state index contributed by atoms with van der Waals surface area (Å²) in [5, 5.41) is 0. The van der Waals surface area contributed by atoms with Crippen molar-refractivity contribution in [3.05, 3.63) is 0 Å². The molecular formula is C16H32Cl2N2O8. The SMILES string of the molecule is C1CCN2CCCC2C1.C1CCN2CCCC2C1.[O-][Cl+3]([O-])([O-])O.[O-][Cl+3]([O-])([O-])O. The van der Waals surface area contributed by atoms with Gasteiger partial charge >= 0.3 is 0 Å². The zero-order valence-corrected chi connectivity index (χ0v) is 17.6. The van der Waals surface area contributed by atoms with Crippen LogP contribution in [-0.4, -0.2) is 57.4 Å². The lowest BCUT2D eigenvalue weighted by Crippen LogP contribution is -2.58. The summed E-state index contributed by atoms with van der Waals surface area (Å²) in [5.41, 5.74) is 0. The van der Waals surface area contributed by atoms with Crippen molar-refractivity contribution in [2.75, 3.05) is 26.2 Å². The summed E-state index contributed by atoms with van der Waals surface area (Å²) in [5.74, 6) is 0. The van der Waals surface area contributed by atoms with Gasteiger partial charge in [0.1, 0.15) is 0 Å². The normalized spacial score (nSPS) is 27.9. The van der Waals surface area contributed by atoms with Crippen LogP contribution in [0.25, 0.3) is 0 Å². The van der Waals surface area contributed by atoms with Crippen molar-refractivity contribution in [3.8, 4) is 0 Å². The van der Waals surface area contributed by atoms with Crippen LogP contribution in [0.2, 0.25) is 0 Å². The summed E-state index contributed by atoms with van der Waals surface area (Å²) in [6.45, 7) is 5.57. The topological polar surface area (TPSA) is 185 Å². The molecule has 0 saturated carbocycles. The number of piperidine rings is 2. The lowest BCUT2D eigenvalue weighted by Gasteiger charge is -2.28. The van der Waals surface area contributed by atoms with Crippen LogP contribution in [0.15, 0.2) is 0 Å². The molecule has 4 aliphatic heterocycles. The number of hydrogen-bond acceptors (Lipinski definition) is 10. The molecule has 4 fully saturated rings. The van der Waals surface area contributed by atoms with E-state index < -0.39 is 20.5 Å². The molecule has 0 bridgehead atoms. The van der Waals surface area contributed by atoms with Gasteiger partial charge in [-0.25, -0.2) is 0 Å². The van der Waals surface area contributed by atoms with Crippen LogP contribution in [0, 0.1) is 20.5 Å². The molecule has 0 aromatic carbocycles. The second kappa shape index (κ2) is 12.8. The average molecular weight is 451 g/mol. The van der Waals surface area contributed by atoms with Gasteiger partial charge in [0.05, 0.1) is 29.8 Å². The van der Waals surface area contributed by atoms with Crippen molar-refractivity contribution in [1.82, 2.24) is 9.80 Å². The van der Waals surface area contributed by atoms with Crippen LogP contribution >= 0.6 is 0 Å². The number of nitrogens with zero attached hydrogens (tertiary/aromatic N) is 2. The summed E-state index contributed by atoms with van der Waals surface area (Å²) < 4.78 is 65.4. The molecule has 0 spiro atoms. The maximum atomic E-state index is 8.60. The van der Waals surface area contributed by atoms with Crippen LogP contribution in [0.1, 0.15) is 64.2 Å². The van der Waals surface area contributed by atoms with Gasteiger partial charge in [-0.2, -0.15) is 28.0 Å². The highest BCUT2D eigenvalue weighted by Crippen LogP contribution is 2.26. The van der Waals surface area contributed by atoms with Crippen LogP contribution < -0.4 is 28.0 Å². The fourth-order valence-electron chi connectivity index (χ4n) is 4.42. The highest BCUT2D eigenvalue weighted by Gasteiger charge is 2.26. The summed E-state index contributed by atoms with van der Waals surface area (Å²) in [6.07, 6.45) is 14.8. The third kappa shape index (κ3) is 14.2. The second-order valence-electron chi connectivity index (χ2n) is 7.45. The van der Waals surface area contributed by atoms with Gasteiger partial charge in [0.15, 0.2) is 0 Å². The molecule has 2 N–H and O–H groups in total. The highest BCUT2D eigenvalue weighted by molar-refractivity contribution is 4.82. The first-order valence-electron chi connectivity index (χ1n) is 9.68. The maximum absolute atomic E-state index is 8.60. The Labute approximate surface area is 170 Å². The van der Waals surface area contributed by atoms with Crippen molar-refractivity contribution < 1.29 is 57.8 Å². The van der Waals surface area contributed by atoms with E-state index in [4.69, 9.17) is 37.3 Å². The Morgan fingerprint density at radius 1 is 0.500 bits per heavy atom. The summed E-state index contributed by atoms with van der Waals surface area (Å²) in [7, 11) is -9.39.